The van der Waals surface area contributed by atoms with Crippen LogP contribution in [-0.4, -0.2) is 38.1 Å². The van der Waals surface area contributed by atoms with Gasteiger partial charge in [0.1, 0.15) is 11.5 Å². The van der Waals surface area contributed by atoms with Crippen molar-refractivity contribution in [3.05, 3.63) is 46.2 Å². The lowest BCUT2D eigenvalue weighted by atomic mass is 10.0. The highest BCUT2D eigenvalue weighted by Crippen LogP contribution is 2.26. The molecule has 2 aliphatic rings. The number of nitrogens with zero attached hydrogens (tertiary/aromatic N) is 2. The van der Waals surface area contributed by atoms with E-state index in [1.54, 1.807) is 31.6 Å². The molecule has 1 aromatic carbocycles. The van der Waals surface area contributed by atoms with Crippen LogP contribution in [0.3, 0.4) is 0 Å². The lowest BCUT2D eigenvalue weighted by molar-refractivity contribution is -0.121. The molecule has 4 rings (SSSR count). The third-order valence-electron chi connectivity index (χ3n) is 4.35. The molecule has 2 aromatic rings. The Morgan fingerprint density at radius 1 is 1.04 bits per heavy atom. The van der Waals surface area contributed by atoms with E-state index in [-0.39, 0.29) is 5.91 Å². The first kappa shape index (κ1) is 19.9. The standard InChI is InChI=1S/C12H14N2O3.C8H10N2S/c1-16-8-3-4-9(11(7-8)17-2)10-5-6-12(15)14-13-10;1-3-7(10-9-5-1)8-4-2-6-11-8/h3-4,7H,5-6H2,1-2H3,(H,14,15);2,4,6,9H,1,3,5H2. The van der Waals surface area contributed by atoms with Gasteiger partial charge in [-0.25, -0.2) is 5.43 Å². The van der Waals surface area contributed by atoms with Gasteiger partial charge in [-0.1, -0.05) is 6.07 Å². The van der Waals surface area contributed by atoms with Gasteiger partial charge in [0.05, 0.1) is 30.5 Å². The van der Waals surface area contributed by atoms with Gasteiger partial charge in [0.15, 0.2) is 0 Å². The molecule has 0 spiro atoms. The number of methoxy groups -OCH3 is 2. The SMILES string of the molecule is COc1ccc(C2=NNC(=O)CC2)c(OC)c1.c1csc(C2=NNCCC2)c1. The van der Waals surface area contributed by atoms with Gasteiger partial charge in [0.25, 0.3) is 0 Å². The van der Waals surface area contributed by atoms with E-state index in [0.29, 0.717) is 18.6 Å². The zero-order valence-electron chi connectivity index (χ0n) is 16.0. The summed E-state index contributed by atoms with van der Waals surface area (Å²) in [5.74, 6) is 1.37. The lowest BCUT2D eigenvalue weighted by Gasteiger charge is -2.15. The average molecular weight is 401 g/mol. The third-order valence-corrected chi connectivity index (χ3v) is 5.26. The Morgan fingerprint density at radius 3 is 2.54 bits per heavy atom. The molecule has 0 atom stereocenters. The summed E-state index contributed by atoms with van der Waals surface area (Å²) in [5, 5.41) is 10.4. The summed E-state index contributed by atoms with van der Waals surface area (Å²) in [4.78, 5) is 12.3. The first-order valence-electron chi connectivity index (χ1n) is 9.12. The number of hydrazone groups is 2. The van der Waals surface area contributed by atoms with E-state index in [0.717, 1.165) is 30.0 Å². The van der Waals surface area contributed by atoms with Crippen molar-refractivity contribution >= 4 is 28.7 Å². The van der Waals surface area contributed by atoms with Crippen molar-refractivity contribution in [3.8, 4) is 11.5 Å². The highest BCUT2D eigenvalue weighted by molar-refractivity contribution is 7.12. The second-order valence-electron chi connectivity index (χ2n) is 6.21. The zero-order valence-corrected chi connectivity index (χ0v) is 16.8. The van der Waals surface area contributed by atoms with Gasteiger partial charge in [-0.2, -0.15) is 10.2 Å². The molecule has 2 N–H and O–H groups in total. The quantitative estimate of drug-likeness (QED) is 0.826. The molecule has 0 saturated heterocycles. The number of amides is 1. The Labute approximate surface area is 168 Å². The minimum atomic E-state index is -0.0544. The van der Waals surface area contributed by atoms with Crippen LogP contribution in [0.15, 0.2) is 45.9 Å². The van der Waals surface area contributed by atoms with Crippen molar-refractivity contribution in [2.24, 2.45) is 10.2 Å². The highest BCUT2D eigenvalue weighted by Gasteiger charge is 2.17. The van der Waals surface area contributed by atoms with Crippen LogP contribution < -0.4 is 20.3 Å². The molecule has 0 saturated carbocycles. The molecule has 28 heavy (non-hydrogen) atoms. The van der Waals surface area contributed by atoms with Crippen molar-refractivity contribution in [2.45, 2.75) is 25.7 Å². The third kappa shape index (κ3) is 5.10. The number of hydrogen-bond acceptors (Lipinski definition) is 7. The maximum atomic E-state index is 11.0. The predicted octanol–water partition coefficient (Wildman–Crippen LogP) is 3.15. The fourth-order valence-electron chi connectivity index (χ4n) is 2.87. The van der Waals surface area contributed by atoms with Gasteiger partial charge < -0.3 is 14.9 Å². The Kier molecular flexibility index (Phi) is 7.02. The van der Waals surface area contributed by atoms with Gasteiger partial charge in [-0.05, 0) is 36.4 Å². The molecule has 3 heterocycles. The number of benzene rings is 1. The first-order chi connectivity index (χ1) is 13.7. The summed E-state index contributed by atoms with van der Waals surface area (Å²) in [5.41, 5.74) is 8.41. The molecule has 0 aliphatic carbocycles. The summed E-state index contributed by atoms with van der Waals surface area (Å²) in [6, 6.07) is 9.71. The van der Waals surface area contributed by atoms with E-state index in [1.807, 2.05) is 12.1 Å². The van der Waals surface area contributed by atoms with Crippen LogP contribution in [0.5, 0.6) is 11.5 Å². The van der Waals surface area contributed by atoms with Crippen LogP contribution in [0.4, 0.5) is 0 Å². The molecule has 1 amide bonds. The number of ether oxygens (including phenoxy) is 2. The van der Waals surface area contributed by atoms with E-state index in [2.05, 4.69) is 38.6 Å². The lowest BCUT2D eigenvalue weighted by Crippen LogP contribution is -2.26. The topological polar surface area (TPSA) is 84.3 Å². The van der Waals surface area contributed by atoms with Crippen LogP contribution in [-0.2, 0) is 4.79 Å². The van der Waals surface area contributed by atoms with Crippen molar-refractivity contribution in [1.82, 2.24) is 10.9 Å². The van der Waals surface area contributed by atoms with Crippen LogP contribution in [0.2, 0.25) is 0 Å². The molecule has 1 aromatic heterocycles. The van der Waals surface area contributed by atoms with Crippen LogP contribution in [0.1, 0.15) is 36.1 Å². The van der Waals surface area contributed by atoms with Gasteiger partial charge >= 0.3 is 0 Å². The fraction of sp³-hybridized carbons (Fsp3) is 0.350. The van der Waals surface area contributed by atoms with E-state index < -0.39 is 0 Å². The van der Waals surface area contributed by atoms with Crippen molar-refractivity contribution in [3.63, 3.8) is 0 Å². The van der Waals surface area contributed by atoms with Gasteiger partial charge in [-0.3, -0.25) is 4.79 Å². The summed E-state index contributed by atoms with van der Waals surface area (Å²) in [6.07, 6.45) is 3.40. The Bertz CT molecular complexity index is 862. The monoisotopic (exact) mass is 400 g/mol. The number of carbonyl (C=O) groups is 1. The number of thiophene rings is 1. The predicted molar refractivity (Wildman–Crippen MR) is 112 cm³/mol. The second kappa shape index (κ2) is 9.89. The number of hydrogen-bond donors (Lipinski definition) is 2. The molecule has 0 fully saturated rings. The van der Waals surface area contributed by atoms with Gasteiger partial charge in [0, 0.05) is 31.0 Å². The molecule has 7 nitrogen and oxygen atoms in total. The summed E-state index contributed by atoms with van der Waals surface area (Å²) < 4.78 is 10.4. The Hall–Kier alpha value is -2.87. The molecular weight excluding hydrogens is 376 g/mol. The summed E-state index contributed by atoms with van der Waals surface area (Å²) >= 11 is 1.76. The maximum Gasteiger partial charge on any atom is 0.240 e. The Balaban J connectivity index is 0.000000176. The smallest absolute Gasteiger partial charge is 0.240 e. The maximum absolute atomic E-state index is 11.0. The van der Waals surface area contributed by atoms with Crippen LogP contribution >= 0.6 is 11.3 Å². The fourth-order valence-corrected chi connectivity index (χ4v) is 3.61. The van der Waals surface area contributed by atoms with E-state index >= 15 is 0 Å². The Morgan fingerprint density at radius 2 is 1.93 bits per heavy atom. The minimum absolute atomic E-state index is 0.0544. The molecule has 0 bridgehead atoms. The molecule has 8 heteroatoms. The first-order valence-corrected chi connectivity index (χ1v) is 10.0. The van der Waals surface area contributed by atoms with Crippen LogP contribution in [0.25, 0.3) is 0 Å². The van der Waals surface area contributed by atoms with Crippen molar-refractivity contribution in [2.75, 3.05) is 20.8 Å². The summed E-state index contributed by atoms with van der Waals surface area (Å²) in [7, 11) is 3.20. The molecule has 0 radical (unpaired) electrons. The van der Waals surface area contributed by atoms with Crippen molar-refractivity contribution < 1.29 is 14.3 Å². The van der Waals surface area contributed by atoms with Crippen LogP contribution in [0, 0.1) is 0 Å². The molecule has 0 unspecified atom stereocenters. The number of carbonyl (C=O) groups excluding carboxylic acids is 1. The highest BCUT2D eigenvalue weighted by atomic mass is 32.1. The van der Waals surface area contributed by atoms with Crippen molar-refractivity contribution in [1.29, 1.82) is 0 Å². The van der Waals surface area contributed by atoms with E-state index in [9.17, 15) is 4.79 Å². The average Bonchev–Trinajstić information content (AvgIpc) is 3.30. The molecule has 2 aliphatic heterocycles. The molecular formula is C20H24N4O3S. The minimum Gasteiger partial charge on any atom is -0.497 e. The van der Waals surface area contributed by atoms with Gasteiger partial charge in [0.2, 0.25) is 5.91 Å². The van der Waals surface area contributed by atoms with E-state index in [4.69, 9.17) is 9.47 Å². The zero-order chi connectivity index (χ0) is 19.8. The number of nitrogens with one attached hydrogen (secondary N) is 2. The molecule has 148 valence electrons. The summed E-state index contributed by atoms with van der Waals surface area (Å²) in [6.45, 7) is 1.02. The largest absolute Gasteiger partial charge is 0.497 e. The normalized spacial score (nSPS) is 15.9. The van der Waals surface area contributed by atoms with E-state index in [1.165, 1.54) is 17.0 Å². The second-order valence-corrected chi connectivity index (χ2v) is 7.15. The van der Waals surface area contributed by atoms with Gasteiger partial charge in [-0.15, -0.1) is 11.3 Å². The number of rotatable bonds is 4.